The van der Waals surface area contributed by atoms with Crippen molar-refractivity contribution in [2.24, 2.45) is 5.92 Å². The van der Waals surface area contributed by atoms with E-state index in [4.69, 9.17) is 9.47 Å². The summed E-state index contributed by atoms with van der Waals surface area (Å²) in [5.41, 5.74) is 2.21. The Labute approximate surface area is 152 Å². The molecular weight excluding hydrogens is 314 g/mol. The highest BCUT2D eigenvalue weighted by Crippen LogP contribution is 2.37. The Morgan fingerprint density at radius 3 is 2.52 bits per heavy atom. The second-order valence-electron chi connectivity index (χ2n) is 7.37. The first-order valence-corrected chi connectivity index (χ1v) is 9.61. The van der Waals surface area contributed by atoms with Crippen molar-refractivity contribution in [1.82, 2.24) is 0 Å². The fraction of sp³-hybridized carbons (Fsp3) is 0.667. The standard InChI is InChI=1S/C21H33NO3/c1-6-11-25-21(10-8-9-15(3)14-21)20(23)22-18-12-16(4)19(24-7-2)17(5)13-18/h12-13,15H,6-11,14H2,1-5H3,(H,22,23)/t15-,21-/m0/s1. The van der Waals surface area contributed by atoms with Crippen LogP contribution in [0.2, 0.25) is 0 Å². The number of amides is 1. The van der Waals surface area contributed by atoms with Gasteiger partial charge in [0.05, 0.1) is 6.61 Å². The molecule has 2 rings (SSSR count). The van der Waals surface area contributed by atoms with E-state index in [9.17, 15) is 4.79 Å². The first kappa shape index (κ1) is 19.8. The van der Waals surface area contributed by atoms with Gasteiger partial charge in [0.1, 0.15) is 11.4 Å². The summed E-state index contributed by atoms with van der Waals surface area (Å²) < 4.78 is 11.8. The summed E-state index contributed by atoms with van der Waals surface area (Å²) in [5, 5.41) is 3.11. The molecule has 2 atom stereocenters. The molecule has 0 heterocycles. The van der Waals surface area contributed by atoms with Gasteiger partial charge in [-0.3, -0.25) is 4.79 Å². The molecule has 1 aromatic rings. The Bertz CT molecular complexity index is 576. The van der Waals surface area contributed by atoms with Gasteiger partial charge in [-0.1, -0.05) is 20.3 Å². The van der Waals surface area contributed by atoms with Gasteiger partial charge < -0.3 is 14.8 Å². The maximum atomic E-state index is 13.1. The van der Waals surface area contributed by atoms with Crippen LogP contribution >= 0.6 is 0 Å². The van der Waals surface area contributed by atoms with Gasteiger partial charge in [-0.2, -0.15) is 0 Å². The molecule has 1 N–H and O–H groups in total. The van der Waals surface area contributed by atoms with Crippen LogP contribution in [0, 0.1) is 19.8 Å². The van der Waals surface area contributed by atoms with Crippen LogP contribution in [0.5, 0.6) is 5.75 Å². The van der Waals surface area contributed by atoms with Crippen LogP contribution in [0.4, 0.5) is 5.69 Å². The molecule has 25 heavy (non-hydrogen) atoms. The normalized spacial score (nSPS) is 23.3. The average molecular weight is 347 g/mol. The molecule has 1 saturated carbocycles. The molecule has 1 aromatic carbocycles. The molecule has 0 aromatic heterocycles. The molecule has 0 radical (unpaired) electrons. The topological polar surface area (TPSA) is 47.6 Å². The summed E-state index contributed by atoms with van der Waals surface area (Å²) in [6.07, 6.45) is 4.74. The van der Waals surface area contributed by atoms with Gasteiger partial charge in [0, 0.05) is 12.3 Å². The minimum Gasteiger partial charge on any atom is -0.493 e. The second-order valence-corrected chi connectivity index (χ2v) is 7.37. The largest absolute Gasteiger partial charge is 0.493 e. The number of hydrogen-bond acceptors (Lipinski definition) is 3. The number of nitrogens with one attached hydrogen (secondary N) is 1. The van der Waals surface area contributed by atoms with E-state index >= 15 is 0 Å². The molecule has 0 spiro atoms. The van der Waals surface area contributed by atoms with Crippen LogP contribution in [0.15, 0.2) is 12.1 Å². The zero-order valence-electron chi connectivity index (χ0n) is 16.4. The van der Waals surface area contributed by atoms with E-state index < -0.39 is 5.60 Å². The molecule has 1 aliphatic carbocycles. The van der Waals surface area contributed by atoms with Crippen molar-refractivity contribution < 1.29 is 14.3 Å². The molecule has 0 bridgehead atoms. The Morgan fingerprint density at radius 1 is 1.28 bits per heavy atom. The lowest BCUT2D eigenvalue weighted by Crippen LogP contribution is -2.48. The molecule has 0 saturated heterocycles. The SMILES string of the molecule is CCCO[C@@]1(C(=O)Nc2cc(C)c(OCC)c(C)c2)CCC[C@H](C)C1. The quantitative estimate of drug-likeness (QED) is 0.753. The predicted molar refractivity (Wildman–Crippen MR) is 102 cm³/mol. The zero-order valence-corrected chi connectivity index (χ0v) is 16.4. The number of benzene rings is 1. The van der Waals surface area contributed by atoms with E-state index in [-0.39, 0.29) is 5.91 Å². The number of ether oxygens (including phenoxy) is 2. The van der Waals surface area contributed by atoms with Gasteiger partial charge in [0.25, 0.3) is 5.91 Å². The number of carbonyl (C=O) groups excluding carboxylic acids is 1. The maximum absolute atomic E-state index is 13.1. The summed E-state index contributed by atoms with van der Waals surface area (Å²) in [6, 6.07) is 3.96. The summed E-state index contributed by atoms with van der Waals surface area (Å²) >= 11 is 0. The minimum absolute atomic E-state index is 0.00420. The van der Waals surface area contributed by atoms with E-state index in [0.717, 1.165) is 48.2 Å². The van der Waals surface area contributed by atoms with Crippen molar-refractivity contribution in [2.75, 3.05) is 18.5 Å². The minimum atomic E-state index is -0.686. The summed E-state index contributed by atoms with van der Waals surface area (Å²) in [6.45, 7) is 11.6. The van der Waals surface area contributed by atoms with Gasteiger partial charge in [0.15, 0.2) is 0 Å². The van der Waals surface area contributed by atoms with Crippen LogP contribution in [0.1, 0.15) is 64.0 Å². The molecular formula is C21H33NO3. The average Bonchev–Trinajstić information content (AvgIpc) is 2.56. The van der Waals surface area contributed by atoms with E-state index in [2.05, 4.69) is 19.2 Å². The van der Waals surface area contributed by atoms with Crippen LogP contribution in [0.25, 0.3) is 0 Å². The Balaban J connectivity index is 2.20. The number of hydrogen-bond donors (Lipinski definition) is 1. The number of carbonyl (C=O) groups is 1. The molecule has 4 heteroatoms. The maximum Gasteiger partial charge on any atom is 0.256 e. The first-order valence-electron chi connectivity index (χ1n) is 9.61. The Morgan fingerprint density at radius 2 is 1.96 bits per heavy atom. The highest BCUT2D eigenvalue weighted by Gasteiger charge is 2.42. The third-order valence-electron chi connectivity index (χ3n) is 4.96. The Kier molecular flexibility index (Phi) is 6.88. The van der Waals surface area contributed by atoms with Crippen molar-refractivity contribution in [3.8, 4) is 5.75 Å². The highest BCUT2D eigenvalue weighted by atomic mass is 16.5. The van der Waals surface area contributed by atoms with Crippen molar-refractivity contribution in [1.29, 1.82) is 0 Å². The molecule has 140 valence electrons. The Hall–Kier alpha value is -1.55. The van der Waals surface area contributed by atoms with Gasteiger partial charge in [0.2, 0.25) is 0 Å². The van der Waals surface area contributed by atoms with Gasteiger partial charge >= 0.3 is 0 Å². The predicted octanol–water partition coefficient (Wildman–Crippen LogP) is 5.02. The molecule has 0 unspecified atom stereocenters. The smallest absolute Gasteiger partial charge is 0.256 e. The van der Waals surface area contributed by atoms with Gasteiger partial charge in [-0.15, -0.1) is 0 Å². The van der Waals surface area contributed by atoms with Crippen molar-refractivity contribution >= 4 is 11.6 Å². The van der Waals surface area contributed by atoms with Crippen LogP contribution in [-0.4, -0.2) is 24.7 Å². The highest BCUT2D eigenvalue weighted by molar-refractivity contribution is 5.97. The third kappa shape index (κ3) is 4.75. The summed E-state index contributed by atoms with van der Waals surface area (Å²) in [4.78, 5) is 13.1. The second kappa shape index (κ2) is 8.70. The van der Waals surface area contributed by atoms with Gasteiger partial charge in [-0.05, 0) is 75.6 Å². The number of anilines is 1. The van der Waals surface area contributed by atoms with E-state index in [0.29, 0.717) is 19.1 Å². The van der Waals surface area contributed by atoms with Crippen LogP contribution in [-0.2, 0) is 9.53 Å². The lowest BCUT2D eigenvalue weighted by atomic mass is 9.78. The van der Waals surface area contributed by atoms with E-state index in [1.54, 1.807) is 0 Å². The number of rotatable bonds is 7. The monoisotopic (exact) mass is 347 g/mol. The van der Waals surface area contributed by atoms with Crippen molar-refractivity contribution in [3.05, 3.63) is 23.3 Å². The van der Waals surface area contributed by atoms with Crippen LogP contribution < -0.4 is 10.1 Å². The molecule has 1 fully saturated rings. The molecule has 0 aliphatic heterocycles. The lowest BCUT2D eigenvalue weighted by molar-refractivity contribution is -0.148. The summed E-state index contributed by atoms with van der Waals surface area (Å²) in [7, 11) is 0. The summed E-state index contributed by atoms with van der Waals surface area (Å²) in [5.74, 6) is 1.42. The fourth-order valence-corrected chi connectivity index (χ4v) is 3.84. The fourth-order valence-electron chi connectivity index (χ4n) is 3.84. The van der Waals surface area contributed by atoms with Crippen LogP contribution in [0.3, 0.4) is 0 Å². The molecule has 1 aliphatic rings. The van der Waals surface area contributed by atoms with E-state index in [1.807, 2.05) is 32.9 Å². The zero-order chi connectivity index (χ0) is 18.4. The van der Waals surface area contributed by atoms with Crippen molar-refractivity contribution in [3.63, 3.8) is 0 Å². The van der Waals surface area contributed by atoms with Crippen molar-refractivity contribution in [2.45, 2.75) is 72.3 Å². The number of aryl methyl sites for hydroxylation is 2. The first-order chi connectivity index (χ1) is 11.9. The van der Waals surface area contributed by atoms with E-state index in [1.165, 1.54) is 6.42 Å². The van der Waals surface area contributed by atoms with Gasteiger partial charge in [-0.25, -0.2) is 0 Å². The molecule has 1 amide bonds. The molecule has 4 nitrogen and oxygen atoms in total. The lowest BCUT2D eigenvalue weighted by Gasteiger charge is -2.38. The third-order valence-corrected chi connectivity index (χ3v) is 4.96.